The minimum absolute atomic E-state index is 0.0587. The molecule has 3 rings (SSSR count). The molecule has 0 bridgehead atoms. The van der Waals surface area contributed by atoms with Gasteiger partial charge in [0.25, 0.3) is 0 Å². The Hall–Kier alpha value is -1.35. The van der Waals surface area contributed by atoms with Crippen molar-refractivity contribution in [3.63, 3.8) is 0 Å². The molecule has 1 unspecified atom stereocenters. The van der Waals surface area contributed by atoms with E-state index < -0.39 is 0 Å². The highest BCUT2D eigenvalue weighted by Gasteiger charge is 2.30. The lowest BCUT2D eigenvalue weighted by Gasteiger charge is -2.25. The molecule has 20 heavy (non-hydrogen) atoms. The molecule has 0 radical (unpaired) electrons. The molecule has 1 aromatic rings. The second-order valence-electron chi connectivity index (χ2n) is 6.35. The third-order valence-corrected chi connectivity index (χ3v) is 4.74. The molecule has 0 saturated heterocycles. The average Bonchev–Trinajstić information content (AvgIpc) is 2.90. The van der Waals surface area contributed by atoms with E-state index in [1.54, 1.807) is 0 Å². The van der Waals surface area contributed by atoms with E-state index in [4.69, 9.17) is 5.73 Å². The van der Waals surface area contributed by atoms with E-state index in [9.17, 15) is 4.79 Å². The van der Waals surface area contributed by atoms with Crippen LogP contribution in [0.3, 0.4) is 0 Å². The number of nitrogens with zero attached hydrogens (tertiary/aromatic N) is 1. The van der Waals surface area contributed by atoms with E-state index in [-0.39, 0.29) is 12.0 Å². The Bertz CT molecular complexity index is 504. The molecule has 108 valence electrons. The predicted molar refractivity (Wildman–Crippen MR) is 79.9 cm³/mol. The normalized spacial score (nSPS) is 20.8. The van der Waals surface area contributed by atoms with E-state index in [1.165, 1.54) is 30.4 Å². The minimum atomic E-state index is 0.0587. The molecule has 1 saturated carbocycles. The lowest BCUT2D eigenvalue weighted by molar-refractivity contribution is -0.137. The van der Waals surface area contributed by atoms with E-state index >= 15 is 0 Å². The molecule has 1 heterocycles. The van der Waals surface area contributed by atoms with Crippen molar-refractivity contribution in [2.45, 2.75) is 58.2 Å². The number of nitrogens with two attached hydrogens (primary N) is 1. The number of carbonyl (C=O) groups excluding carboxylic acids is 1. The van der Waals surface area contributed by atoms with Crippen LogP contribution in [0.15, 0.2) is 18.2 Å². The van der Waals surface area contributed by atoms with Gasteiger partial charge in [-0.3, -0.25) is 4.79 Å². The number of carbonyl (C=O) groups is 1. The number of amides is 1. The largest absolute Gasteiger partial charge is 0.334 e. The molecular weight excluding hydrogens is 248 g/mol. The van der Waals surface area contributed by atoms with Gasteiger partial charge in [-0.1, -0.05) is 37.5 Å². The zero-order chi connectivity index (χ0) is 14.1. The van der Waals surface area contributed by atoms with Crippen LogP contribution in [0, 0.1) is 5.92 Å². The van der Waals surface area contributed by atoms with Gasteiger partial charge in [-0.25, -0.2) is 0 Å². The Morgan fingerprint density at radius 2 is 1.90 bits per heavy atom. The second kappa shape index (κ2) is 5.57. The molecule has 2 aliphatic rings. The summed E-state index contributed by atoms with van der Waals surface area (Å²) in [5.74, 6) is 0.634. The molecule has 1 atom stereocenters. The van der Waals surface area contributed by atoms with Crippen molar-refractivity contribution >= 4 is 5.91 Å². The number of hydrogen-bond donors (Lipinski definition) is 1. The summed E-state index contributed by atoms with van der Waals surface area (Å²) in [6.45, 7) is 3.55. The molecule has 1 aliphatic heterocycles. The van der Waals surface area contributed by atoms with Crippen LogP contribution >= 0.6 is 0 Å². The second-order valence-corrected chi connectivity index (χ2v) is 6.35. The van der Waals surface area contributed by atoms with Gasteiger partial charge in [-0.15, -0.1) is 0 Å². The average molecular weight is 272 g/mol. The van der Waals surface area contributed by atoms with Gasteiger partial charge in [0.15, 0.2) is 0 Å². The summed E-state index contributed by atoms with van der Waals surface area (Å²) >= 11 is 0. The predicted octanol–water partition coefficient (Wildman–Crippen LogP) is 3.13. The summed E-state index contributed by atoms with van der Waals surface area (Å²) in [5.41, 5.74) is 9.67. The van der Waals surface area contributed by atoms with Crippen LogP contribution in [0.4, 0.5) is 0 Å². The first-order valence-corrected chi connectivity index (χ1v) is 7.81. The van der Waals surface area contributed by atoms with Gasteiger partial charge >= 0.3 is 0 Å². The molecule has 2 N–H and O–H groups in total. The van der Waals surface area contributed by atoms with Crippen LogP contribution in [0.2, 0.25) is 0 Å². The molecule has 3 nitrogen and oxygen atoms in total. The van der Waals surface area contributed by atoms with Crippen LogP contribution in [0.25, 0.3) is 0 Å². The fourth-order valence-electron chi connectivity index (χ4n) is 3.46. The molecule has 1 aliphatic carbocycles. The van der Waals surface area contributed by atoms with E-state index in [2.05, 4.69) is 18.2 Å². The topological polar surface area (TPSA) is 46.3 Å². The molecule has 0 aromatic heterocycles. The van der Waals surface area contributed by atoms with Crippen molar-refractivity contribution in [3.8, 4) is 0 Å². The summed E-state index contributed by atoms with van der Waals surface area (Å²) in [4.78, 5) is 14.6. The van der Waals surface area contributed by atoms with Gasteiger partial charge in [0.1, 0.15) is 0 Å². The van der Waals surface area contributed by atoms with Crippen LogP contribution in [-0.4, -0.2) is 10.8 Å². The summed E-state index contributed by atoms with van der Waals surface area (Å²) in [5, 5.41) is 0. The number of hydrogen-bond acceptors (Lipinski definition) is 2. The van der Waals surface area contributed by atoms with Crippen LogP contribution in [0.5, 0.6) is 0 Å². The third kappa shape index (κ3) is 2.59. The van der Waals surface area contributed by atoms with E-state index in [1.807, 2.05) is 11.8 Å². The van der Waals surface area contributed by atoms with Crippen molar-refractivity contribution in [2.75, 3.05) is 0 Å². The molecule has 1 aromatic carbocycles. The Morgan fingerprint density at radius 3 is 2.60 bits per heavy atom. The summed E-state index contributed by atoms with van der Waals surface area (Å²) in [6.07, 6.45) is 5.88. The van der Waals surface area contributed by atoms with Crippen LogP contribution in [-0.2, 0) is 17.9 Å². The van der Waals surface area contributed by atoms with Gasteiger partial charge in [-0.2, -0.15) is 0 Å². The summed E-state index contributed by atoms with van der Waals surface area (Å²) < 4.78 is 0. The maximum absolute atomic E-state index is 12.6. The van der Waals surface area contributed by atoms with Gasteiger partial charge < -0.3 is 10.6 Å². The van der Waals surface area contributed by atoms with Crippen molar-refractivity contribution in [1.29, 1.82) is 0 Å². The van der Waals surface area contributed by atoms with Crippen LogP contribution < -0.4 is 5.73 Å². The van der Waals surface area contributed by atoms with E-state index in [0.717, 1.165) is 31.5 Å². The molecular formula is C17H24N2O. The maximum Gasteiger partial charge on any atom is 0.226 e. The molecule has 1 fully saturated rings. The summed E-state index contributed by atoms with van der Waals surface area (Å²) in [7, 11) is 0. The lowest BCUT2D eigenvalue weighted by atomic mass is 9.88. The van der Waals surface area contributed by atoms with Crippen molar-refractivity contribution in [1.82, 2.24) is 4.90 Å². The Labute approximate surface area is 121 Å². The Kier molecular flexibility index (Phi) is 3.79. The molecule has 3 heteroatoms. The first-order valence-electron chi connectivity index (χ1n) is 7.81. The highest BCUT2D eigenvalue weighted by atomic mass is 16.2. The first kappa shape index (κ1) is 13.6. The fraction of sp³-hybridized carbons (Fsp3) is 0.588. The Morgan fingerprint density at radius 1 is 1.20 bits per heavy atom. The number of rotatable bonds is 2. The smallest absolute Gasteiger partial charge is 0.226 e. The van der Waals surface area contributed by atoms with Crippen molar-refractivity contribution in [2.24, 2.45) is 11.7 Å². The monoisotopic (exact) mass is 272 g/mol. The van der Waals surface area contributed by atoms with Crippen molar-refractivity contribution in [3.05, 3.63) is 34.9 Å². The highest BCUT2D eigenvalue weighted by molar-refractivity contribution is 5.79. The quantitative estimate of drug-likeness (QED) is 0.899. The summed E-state index contributed by atoms with van der Waals surface area (Å²) in [6, 6.07) is 6.47. The van der Waals surface area contributed by atoms with Gasteiger partial charge in [-0.05, 0) is 36.5 Å². The zero-order valence-corrected chi connectivity index (χ0v) is 12.3. The van der Waals surface area contributed by atoms with Gasteiger partial charge in [0.2, 0.25) is 5.91 Å². The Balaban J connectivity index is 1.71. The SMILES string of the molecule is CC(N)c1ccc2c(c1)CN(C(=O)C1CCCCC1)C2. The molecule has 1 amide bonds. The van der Waals surface area contributed by atoms with E-state index in [0.29, 0.717) is 5.91 Å². The highest BCUT2D eigenvalue weighted by Crippen LogP contribution is 2.30. The fourth-order valence-corrected chi connectivity index (χ4v) is 3.46. The zero-order valence-electron chi connectivity index (χ0n) is 12.3. The maximum atomic E-state index is 12.6. The van der Waals surface area contributed by atoms with Gasteiger partial charge in [0, 0.05) is 25.0 Å². The standard InChI is InChI=1S/C17H24N2O/c1-12(18)14-7-8-15-10-19(11-16(15)9-14)17(20)13-5-3-2-4-6-13/h7-9,12-13H,2-6,10-11,18H2,1H3. The molecule has 0 spiro atoms. The lowest BCUT2D eigenvalue weighted by Crippen LogP contribution is -2.33. The van der Waals surface area contributed by atoms with Crippen LogP contribution in [0.1, 0.15) is 61.8 Å². The number of benzene rings is 1. The minimum Gasteiger partial charge on any atom is -0.334 e. The first-order chi connectivity index (χ1) is 9.65. The van der Waals surface area contributed by atoms with Gasteiger partial charge in [0.05, 0.1) is 0 Å². The third-order valence-electron chi connectivity index (χ3n) is 4.74. The van der Waals surface area contributed by atoms with Crippen molar-refractivity contribution < 1.29 is 4.79 Å². The number of fused-ring (bicyclic) bond motifs is 1.